The molecule has 0 unspecified atom stereocenters. The SMILES string of the molecule is COc1ccc(OC[C@@H](C)NC(=O)Nc2cccc(OC)c2)cc1. The minimum atomic E-state index is -0.297. The van der Waals surface area contributed by atoms with Gasteiger partial charge >= 0.3 is 6.03 Å². The normalized spacial score (nSPS) is 11.3. The van der Waals surface area contributed by atoms with Crippen LogP contribution >= 0.6 is 0 Å². The van der Waals surface area contributed by atoms with E-state index in [0.717, 1.165) is 11.5 Å². The minimum Gasteiger partial charge on any atom is -0.497 e. The lowest BCUT2D eigenvalue weighted by atomic mass is 10.3. The van der Waals surface area contributed by atoms with Crippen LogP contribution in [0.1, 0.15) is 6.92 Å². The molecule has 2 rings (SSSR count). The number of ether oxygens (including phenoxy) is 3. The number of anilines is 1. The Morgan fingerprint density at radius 2 is 1.67 bits per heavy atom. The number of carbonyl (C=O) groups is 1. The smallest absolute Gasteiger partial charge is 0.319 e. The van der Waals surface area contributed by atoms with E-state index in [9.17, 15) is 4.79 Å². The summed E-state index contributed by atoms with van der Waals surface area (Å²) in [4.78, 5) is 12.0. The molecular weight excluding hydrogens is 308 g/mol. The van der Waals surface area contributed by atoms with Gasteiger partial charge in [0.25, 0.3) is 0 Å². The highest BCUT2D eigenvalue weighted by Gasteiger charge is 2.09. The van der Waals surface area contributed by atoms with Crippen LogP contribution in [0.15, 0.2) is 48.5 Å². The summed E-state index contributed by atoms with van der Waals surface area (Å²) in [6, 6.07) is 14.0. The maximum atomic E-state index is 12.0. The zero-order valence-corrected chi connectivity index (χ0v) is 14.0. The Morgan fingerprint density at radius 1 is 1.00 bits per heavy atom. The Hall–Kier alpha value is -2.89. The molecular formula is C18H22N2O4. The quantitative estimate of drug-likeness (QED) is 0.817. The van der Waals surface area contributed by atoms with Crippen molar-refractivity contribution in [3.05, 3.63) is 48.5 Å². The number of methoxy groups -OCH3 is 2. The van der Waals surface area contributed by atoms with Crippen molar-refractivity contribution in [2.24, 2.45) is 0 Å². The standard InChI is InChI=1S/C18H22N2O4/c1-13(12-24-16-9-7-15(22-2)8-10-16)19-18(21)20-14-5-4-6-17(11-14)23-3/h4-11,13H,12H2,1-3H3,(H2,19,20,21)/t13-/m1/s1. The van der Waals surface area contributed by atoms with Crippen molar-refractivity contribution < 1.29 is 19.0 Å². The topological polar surface area (TPSA) is 68.8 Å². The molecule has 0 aromatic heterocycles. The van der Waals surface area contributed by atoms with Crippen LogP contribution in [0.5, 0.6) is 17.2 Å². The summed E-state index contributed by atoms with van der Waals surface area (Å²) in [7, 11) is 3.19. The molecule has 0 saturated heterocycles. The molecule has 0 spiro atoms. The van der Waals surface area contributed by atoms with E-state index in [1.807, 2.05) is 43.3 Å². The van der Waals surface area contributed by atoms with Gasteiger partial charge in [0, 0.05) is 11.8 Å². The molecule has 0 heterocycles. The molecule has 2 aromatic rings. The van der Waals surface area contributed by atoms with Crippen molar-refractivity contribution in [2.75, 3.05) is 26.1 Å². The molecule has 0 aliphatic rings. The van der Waals surface area contributed by atoms with Gasteiger partial charge in [0.2, 0.25) is 0 Å². The van der Waals surface area contributed by atoms with Gasteiger partial charge in [-0.25, -0.2) is 4.79 Å². The van der Waals surface area contributed by atoms with Crippen LogP contribution in [0.3, 0.4) is 0 Å². The van der Waals surface area contributed by atoms with Gasteiger partial charge in [0.1, 0.15) is 23.9 Å². The first-order valence-electron chi connectivity index (χ1n) is 7.59. The van der Waals surface area contributed by atoms with Crippen molar-refractivity contribution in [3.63, 3.8) is 0 Å². The fraction of sp³-hybridized carbons (Fsp3) is 0.278. The third-order valence-electron chi connectivity index (χ3n) is 3.26. The molecule has 6 nitrogen and oxygen atoms in total. The van der Waals surface area contributed by atoms with Gasteiger partial charge in [-0.1, -0.05) is 6.07 Å². The predicted molar refractivity (Wildman–Crippen MR) is 93.1 cm³/mol. The summed E-state index contributed by atoms with van der Waals surface area (Å²) in [5, 5.41) is 5.58. The van der Waals surface area contributed by atoms with Crippen molar-refractivity contribution >= 4 is 11.7 Å². The second-order valence-corrected chi connectivity index (χ2v) is 5.22. The van der Waals surface area contributed by atoms with Crippen LogP contribution in [0.2, 0.25) is 0 Å². The molecule has 0 aliphatic heterocycles. The highest BCUT2D eigenvalue weighted by Crippen LogP contribution is 2.18. The Morgan fingerprint density at radius 3 is 2.33 bits per heavy atom. The fourth-order valence-electron chi connectivity index (χ4n) is 2.03. The summed E-state index contributed by atoms with van der Waals surface area (Å²) >= 11 is 0. The summed E-state index contributed by atoms with van der Waals surface area (Å²) in [6.07, 6.45) is 0. The van der Waals surface area contributed by atoms with E-state index >= 15 is 0 Å². The molecule has 2 amide bonds. The lowest BCUT2D eigenvalue weighted by molar-refractivity contribution is 0.236. The molecule has 6 heteroatoms. The van der Waals surface area contributed by atoms with Crippen LogP contribution < -0.4 is 24.8 Å². The van der Waals surface area contributed by atoms with E-state index in [1.165, 1.54) is 0 Å². The molecule has 0 fully saturated rings. The summed E-state index contributed by atoms with van der Waals surface area (Å²) in [5.74, 6) is 2.17. The second kappa shape index (κ2) is 8.67. The molecule has 1 atom stereocenters. The maximum Gasteiger partial charge on any atom is 0.319 e. The molecule has 2 aromatic carbocycles. The molecule has 2 N–H and O–H groups in total. The van der Waals surface area contributed by atoms with Crippen molar-refractivity contribution in [2.45, 2.75) is 13.0 Å². The monoisotopic (exact) mass is 330 g/mol. The molecule has 0 radical (unpaired) electrons. The van der Waals surface area contributed by atoms with E-state index in [-0.39, 0.29) is 12.1 Å². The molecule has 0 aliphatic carbocycles. The van der Waals surface area contributed by atoms with E-state index in [4.69, 9.17) is 14.2 Å². The number of amides is 2. The van der Waals surface area contributed by atoms with Crippen molar-refractivity contribution in [3.8, 4) is 17.2 Å². The first-order chi connectivity index (χ1) is 11.6. The van der Waals surface area contributed by atoms with Crippen LogP contribution in [0.4, 0.5) is 10.5 Å². The molecule has 24 heavy (non-hydrogen) atoms. The summed E-state index contributed by atoms with van der Waals surface area (Å²) in [6.45, 7) is 2.23. The lowest BCUT2D eigenvalue weighted by Crippen LogP contribution is -2.39. The Kier molecular flexibility index (Phi) is 6.31. The van der Waals surface area contributed by atoms with Gasteiger partial charge in [0.05, 0.1) is 20.3 Å². The highest BCUT2D eigenvalue weighted by molar-refractivity contribution is 5.89. The van der Waals surface area contributed by atoms with E-state index < -0.39 is 0 Å². The van der Waals surface area contributed by atoms with Crippen molar-refractivity contribution in [1.82, 2.24) is 5.32 Å². The number of urea groups is 1. The molecule has 128 valence electrons. The summed E-state index contributed by atoms with van der Waals surface area (Å²) < 4.78 is 15.8. The third-order valence-corrected chi connectivity index (χ3v) is 3.26. The largest absolute Gasteiger partial charge is 0.497 e. The molecule has 0 saturated carbocycles. The average Bonchev–Trinajstić information content (AvgIpc) is 2.60. The lowest BCUT2D eigenvalue weighted by Gasteiger charge is -2.16. The highest BCUT2D eigenvalue weighted by atomic mass is 16.5. The Labute approximate surface area is 141 Å². The first-order valence-corrected chi connectivity index (χ1v) is 7.59. The van der Waals surface area contributed by atoms with Crippen LogP contribution in [-0.2, 0) is 0 Å². The van der Waals surface area contributed by atoms with Crippen LogP contribution in [0, 0.1) is 0 Å². The Balaban J connectivity index is 1.78. The van der Waals surface area contributed by atoms with Gasteiger partial charge in [-0.3, -0.25) is 0 Å². The van der Waals surface area contributed by atoms with E-state index in [0.29, 0.717) is 18.0 Å². The third kappa shape index (κ3) is 5.39. The van der Waals surface area contributed by atoms with Gasteiger partial charge < -0.3 is 24.8 Å². The van der Waals surface area contributed by atoms with E-state index in [1.54, 1.807) is 26.4 Å². The average molecular weight is 330 g/mol. The number of nitrogens with one attached hydrogen (secondary N) is 2. The van der Waals surface area contributed by atoms with Gasteiger partial charge in [-0.05, 0) is 43.3 Å². The van der Waals surface area contributed by atoms with Crippen LogP contribution in [-0.4, -0.2) is 32.9 Å². The number of rotatable bonds is 7. The zero-order chi connectivity index (χ0) is 17.4. The predicted octanol–water partition coefficient (Wildman–Crippen LogP) is 3.29. The van der Waals surface area contributed by atoms with Crippen molar-refractivity contribution in [1.29, 1.82) is 0 Å². The first kappa shape index (κ1) is 17.5. The van der Waals surface area contributed by atoms with Gasteiger partial charge in [0.15, 0.2) is 0 Å². The second-order valence-electron chi connectivity index (χ2n) is 5.22. The number of benzene rings is 2. The zero-order valence-electron chi connectivity index (χ0n) is 14.0. The maximum absolute atomic E-state index is 12.0. The number of hydrogen-bond donors (Lipinski definition) is 2. The van der Waals surface area contributed by atoms with E-state index in [2.05, 4.69) is 10.6 Å². The number of hydrogen-bond acceptors (Lipinski definition) is 4. The fourth-order valence-corrected chi connectivity index (χ4v) is 2.03. The minimum absolute atomic E-state index is 0.155. The Bertz CT molecular complexity index is 658. The number of carbonyl (C=O) groups excluding carboxylic acids is 1. The van der Waals surface area contributed by atoms with Crippen LogP contribution in [0.25, 0.3) is 0 Å². The molecule has 0 bridgehead atoms. The summed E-state index contributed by atoms with van der Waals surface area (Å²) in [5.41, 5.74) is 0.662. The van der Waals surface area contributed by atoms with Gasteiger partial charge in [-0.15, -0.1) is 0 Å². The van der Waals surface area contributed by atoms with Gasteiger partial charge in [-0.2, -0.15) is 0 Å².